The standard InChI is InChI=1S/C27H29N7O/c1-34(22-3-2-4-22)27(35)24-13-18-5-6-19(14-23(18)32-24)26-28-12-11-25(33-26)31-21-9-7-17(8-10-21)20-15-29-30-16-20/h5-14,20,22,29-30,32H,2-4,15-16H2,1H3,(H,28,31,33). The second-order valence-electron chi connectivity index (χ2n) is 9.46. The van der Waals surface area contributed by atoms with Crippen LogP contribution in [0, 0.1) is 0 Å². The minimum Gasteiger partial charge on any atom is -0.351 e. The summed E-state index contributed by atoms with van der Waals surface area (Å²) in [5.74, 6) is 1.90. The third-order valence-corrected chi connectivity index (χ3v) is 7.19. The Bertz CT molecular complexity index is 1350. The number of amides is 1. The van der Waals surface area contributed by atoms with Crippen LogP contribution in [0.25, 0.3) is 22.3 Å². The highest BCUT2D eigenvalue weighted by atomic mass is 16.2. The molecular weight excluding hydrogens is 438 g/mol. The van der Waals surface area contributed by atoms with Crippen molar-refractivity contribution < 1.29 is 4.79 Å². The van der Waals surface area contributed by atoms with E-state index in [1.165, 1.54) is 12.0 Å². The second-order valence-corrected chi connectivity index (χ2v) is 9.46. The lowest BCUT2D eigenvalue weighted by Gasteiger charge is -2.34. The molecule has 4 N–H and O–H groups in total. The van der Waals surface area contributed by atoms with Crippen molar-refractivity contribution in [3.63, 3.8) is 0 Å². The Morgan fingerprint density at radius 1 is 1.03 bits per heavy atom. The van der Waals surface area contributed by atoms with Gasteiger partial charge >= 0.3 is 0 Å². The van der Waals surface area contributed by atoms with Crippen molar-refractivity contribution >= 4 is 28.3 Å². The number of hydrogen-bond donors (Lipinski definition) is 4. The number of nitrogens with one attached hydrogen (secondary N) is 4. The Hall–Kier alpha value is -3.75. The molecule has 6 rings (SSSR count). The summed E-state index contributed by atoms with van der Waals surface area (Å²) in [5, 5.41) is 4.38. The Morgan fingerprint density at radius 3 is 2.57 bits per heavy atom. The van der Waals surface area contributed by atoms with Crippen LogP contribution in [0.2, 0.25) is 0 Å². The highest BCUT2D eigenvalue weighted by molar-refractivity contribution is 5.98. The van der Waals surface area contributed by atoms with E-state index < -0.39 is 0 Å². The molecule has 2 aliphatic rings. The molecule has 0 radical (unpaired) electrons. The molecule has 1 aliphatic heterocycles. The number of aromatic nitrogens is 3. The number of carbonyl (C=O) groups excluding carboxylic acids is 1. The van der Waals surface area contributed by atoms with Gasteiger partial charge in [-0.1, -0.05) is 24.3 Å². The van der Waals surface area contributed by atoms with Crippen LogP contribution in [0.4, 0.5) is 11.5 Å². The van der Waals surface area contributed by atoms with Crippen molar-refractivity contribution in [3.8, 4) is 11.4 Å². The summed E-state index contributed by atoms with van der Waals surface area (Å²) in [4.78, 5) is 27.2. The first-order chi connectivity index (χ1) is 17.1. The lowest BCUT2D eigenvalue weighted by Crippen LogP contribution is -2.41. The minimum absolute atomic E-state index is 0.0429. The van der Waals surface area contributed by atoms with Crippen LogP contribution in [0.5, 0.6) is 0 Å². The van der Waals surface area contributed by atoms with E-state index >= 15 is 0 Å². The monoisotopic (exact) mass is 467 g/mol. The number of hydrazine groups is 1. The first-order valence-electron chi connectivity index (χ1n) is 12.2. The van der Waals surface area contributed by atoms with E-state index in [0.29, 0.717) is 23.5 Å². The van der Waals surface area contributed by atoms with E-state index in [2.05, 4.69) is 50.4 Å². The molecule has 0 spiro atoms. The number of anilines is 2. The maximum atomic E-state index is 12.9. The molecule has 2 aromatic carbocycles. The van der Waals surface area contributed by atoms with Gasteiger partial charge in [-0.2, -0.15) is 0 Å². The number of nitrogens with zero attached hydrogens (tertiary/aromatic N) is 3. The van der Waals surface area contributed by atoms with E-state index in [4.69, 9.17) is 4.98 Å². The van der Waals surface area contributed by atoms with Crippen molar-refractivity contribution in [1.29, 1.82) is 0 Å². The van der Waals surface area contributed by atoms with Crippen molar-refractivity contribution in [1.82, 2.24) is 30.7 Å². The maximum absolute atomic E-state index is 12.9. The zero-order valence-electron chi connectivity index (χ0n) is 19.7. The molecule has 8 nitrogen and oxygen atoms in total. The lowest BCUT2D eigenvalue weighted by molar-refractivity contribution is 0.0647. The number of rotatable bonds is 6. The Morgan fingerprint density at radius 2 is 1.83 bits per heavy atom. The molecule has 1 saturated heterocycles. The normalized spacial score (nSPS) is 16.4. The van der Waals surface area contributed by atoms with Crippen LogP contribution in [-0.4, -0.2) is 51.9 Å². The predicted molar refractivity (Wildman–Crippen MR) is 138 cm³/mol. The molecule has 0 unspecified atom stereocenters. The molecule has 2 fully saturated rings. The van der Waals surface area contributed by atoms with Crippen LogP contribution in [0.15, 0.2) is 60.8 Å². The highest BCUT2D eigenvalue weighted by Gasteiger charge is 2.27. The molecule has 1 amide bonds. The van der Waals surface area contributed by atoms with Gasteiger partial charge in [-0.15, -0.1) is 0 Å². The first-order valence-corrected chi connectivity index (χ1v) is 12.2. The summed E-state index contributed by atoms with van der Waals surface area (Å²) < 4.78 is 0. The van der Waals surface area contributed by atoms with Gasteiger partial charge in [0.25, 0.3) is 5.91 Å². The summed E-state index contributed by atoms with van der Waals surface area (Å²) >= 11 is 0. The SMILES string of the molecule is CN(C(=O)c1cc2ccc(-c3nccc(Nc4ccc(C5CNNC5)cc4)n3)cc2[nH]1)C1CCC1. The summed E-state index contributed by atoms with van der Waals surface area (Å²) in [6, 6.07) is 18.6. The fraction of sp³-hybridized carbons (Fsp3) is 0.296. The van der Waals surface area contributed by atoms with Gasteiger partial charge in [-0.05, 0) is 55.2 Å². The zero-order valence-corrected chi connectivity index (χ0v) is 19.7. The quantitative estimate of drug-likeness (QED) is 0.340. The van der Waals surface area contributed by atoms with E-state index in [9.17, 15) is 4.79 Å². The van der Waals surface area contributed by atoms with Crippen LogP contribution < -0.4 is 16.2 Å². The summed E-state index contributed by atoms with van der Waals surface area (Å²) in [6.45, 7) is 1.89. The third-order valence-electron chi connectivity index (χ3n) is 7.19. The van der Waals surface area contributed by atoms with Gasteiger partial charge in [0, 0.05) is 60.4 Å². The summed E-state index contributed by atoms with van der Waals surface area (Å²) in [5.41, 5.74) is 11.1. The number of aromatic amines is 1. The zero-order chi connectivity index (χ0) is 23.8. The Balaban J connectivity index is 1.20. The summed E-state index contributed by atoms with van der Waals surface area (Å²) in [6.07, 6.45) is 5.14. The molecule has 1 aliphatic carbocycles. The molecule has 178 valence electrons. The van der Waals surface area contributed by atoms with Gasteiger partial charge in [0.2, 0.25) is 0 Å². The molecule has 1 saturated carbocycles. The second kappa shape index (κ2) is 9.13. The van der Waals surface area contributed by atoms with Crippen molar-refractivity contribution in [2.24, 2.45) is 0 Å². The average molecular weight is 468 g/mol. The van der Waals surface area contributed by atoms with Gasteiger partial charge in [-0.3, -0.25) is 15.6 Å². The molecule has 3 heterocycles. The molecule has 0 bridgehead atoms. The van der Waals surface area contributed by atoms with E-state index in [0.717, 1.165) is 53.9 Å². The van der Waals surface area contributed by atoms with Crippen LogP contribution >= 0.6 is 0 Å². The molecule has 35 heavy (non-hydrogen) atoms. The smallest absolute Gasteiger partial charge is 0.270 e. The summed E-state index contributed by atoms with van der Waals surface area (Å²) in [7, 11) is 1.89. The molecule has 4 aromatic rings. The molecule has 0 atom stereocenters. The average Bonchev–Trinajstić information content (AvgIpc) is 3.53. The van der Waals surface area contributed by atoms with Crippen LogP contribution in [-0.2, 0) is 0 Å². The van der Waals surface area contributed by atoms with Gasteiger partial charge in [0.1, 0.15) is 11.5 Å². The van der Waals surface area contributed by atoms with Crippen molar-refractivity contribution in [2.75, 3.05) is 25.5 Å². The maximum Gasteiger partial charge on any atom is 0.270 e. The van der Waals surface area contributed by atoms with E-state index in [1.807, 2.05) is 42.3 Å². The third kappa shape index (κ3) is 4.38. The Kier molecular flexibility index (Phi) is 5.67. The Labute approximate surface area is 204 Å². The van der Waals surface area contributed by atoms with E-state index in [1.54, 1.807) is 6.20 Å². The minimum atomic E-state index is 0.0429. The fourth-order valence-corrected chi connectivity index (χ4v) is 4.76. The number of H-pyrrole nitrogens is 1. The van der Waals surface area contributed by atoms with Gasteiger partial charge in [0.15, 0.2) is 5.82 Å². The van der Waals surface area contributed by atoms with Gasteiger partial charge in [-0.25, -0.2) is 9.97 Å². The van der Waals surface area contributed by atoms with Crippen LogP contribution in [0.1, 0.15) is 41.2 Å². The highest BCUT2D eigenvalue weighted by Crippen LogP contribution is 2.28. The van der Waals surface area contributed by atoms with Gasteiger partial charge in [0.05, 0.1) is 0 Å². The molecule has 2 aromatic heterocycles. The van der Waals surface area contributed by atoms with Crippen molar-refractivity contribution in [3.05, 3.63) is 72.1 Å². The molecule has 8 heteroatoms. The van der Waals surface area contributed by atoms with E-state index in [-0.39, 0.29) is 5.91 Å². The first kappa shape index (κ1) is 21.8. The van der Waals surface area contributed by atoms with Crippen LogP contribution in [0.3, 0.4) is 0 Å². The molecular formula is C27H29N7O. The lowest BCUT2D eigenvalue weighted by atomic mass is 9.92. The van der Waals surface area contributed by atoms with Gasteiger partial charge < -0.3 is 15.2 Å². The topological polar surface area (TPSA) is 98.0 Å². The number of fused-ring (bicyclic) bond motifs is 1. The number of carbonyl (C=O) groups is 1. The number of benzene rings is 2. The largest absolute Gasteiger partial charge is 0.351 e. The van der Waals surface area contributed by atoms with Crippen molar-refractivity contribution in [2.45, 2.75) is 31.2 Å². The number of hydrogen-bond acceptors (Lipinski definition) is 6. The predicted octanol–water partition coefficient (Wildman–Crippen LogP) is 4.18. The fourth-order valence-electron chi connectivity index (χ4n) is 4.76.